The van der Waals surface area contributed by atoms with Crippen LogP contribution in [0.4, 0.5) is 10.2 Å². The second-order valence-electron chi connectivity index (χ2n) is 6.24. The van der Waals surface area contributed by atoms with Crippen molar-refractivity contribution in [3.05, 3.63) is 88.6 Å². The molecule has 0 bridgehead atoms. The van der Waals surface area contributed by atoms with Gasteiger partial charge in [0, 0.05) is 15.4 Å². The molecule has 0 saturated heterocycles. The molecule has 1 heterocycles. The average Bonchev–Trinajstić information content (AvgIpc) is 2.72. The monoisotopic (exact) mass is 434 g/mol. The molecular formula is C22H16BrFN4. The second kappa shape index (κ2) is 7.86. The van der Waals surface area contributed by atoms with Crippen LogP contribution in [0.25, 0.3) is 22.3 Å². The van der Waals surface area contributed by atoms with E-state index in [2.05, 4.69) is 36.4 Å². The predicted molar refractivity (Wildman–Crippen MR) is 115 cm³/mol. The normalized spacial score (nSPS) is 11.6. The van der Waals surface area contributed by atoms with Crippen LogP contribution in [0.15, 0.2) is 82.4 Å². The van der Waals surface area contributed by atoms with E-state index in [9.17, 15) is 4.39 Å². The fraction of sp³-hybridized carbons (Fsp3) is 0.0455. The number of aromatic nitrogens is 2. The Bertz CT molecular complexity index is 1160. The van der Waals surface area contributed by atoms with Crippen LogP contribution in [0, 0.1) is 5.82 Å². The molecule has 0 amide bonds. The summed E-state index contributed by atoms with van der Waals surface area (Å²) in [6, 6.07) is 21.8. The molecule has 3 aromatic carbocycles. The first-order chi connectivity index (χ1) is 13.6. The van der Waals surface area contributed by atoms with E-state index in [-0.39, 0.29) is 5.82 Å². The molecule has 4 aromatic rings. The largest absolute Gasteiger partial charge is 0.260 e. The third-order valence-electron chi connectivity index (χ3n) is 4.30. The summed E-state index contributed by atoms with van der Waals surface area (Å²) < 4.78 is 14.1. The third-order valence-corrected chi connectivity index (χ3v) is 4.83. The molecule has 0 aliphatic rings. The van der Waals surface area contributed by atoms with Gasteiger partial charge in [0.1, 0.15) is 5.82 Å². The fourth-order valence-electron chi connectivity index (χ4n) is 2.78. The molecule has 0 saturated carbocycles. The van der Waals surface area contributed by atoms with Crippen LogP contribution in [-0.4, -0.2) is 15.7 Å². The zero-order chi connectivity index (χ0) is 19.5. The highest BCUT2D eigenvalue weighted by Gasteiger charge is 2.09. The first-order valence-electron chi connectivity index (χ1n) is 8.69. The Morgan fingerprint density at radius 2 is 1.64 bits per heavy atom. The number of nitrogens with zero attached hydrogens (tertiary/aromatic N) is 3. The highest BCUT2D eigenvalue weighted by molar-refractivity contribution is 9.10. The Kier molecular flexibility index (Phi) is 5.12. The van der Waals surface area contributed by atoms with Crippen LogP contribution in [-0.2, 0) is 0 Å². The number of anilines is 1. The van der Waals surface area contributed by atoms with Gasteiger partial charge in [-0.1, -0.05) is 52.3 Å². The van der Waals surface area contributed by atoms with Gasteiger partial charge in [0.25, 0.3) is 0 Å². The van der Waals surface area contributed by atoms with E-state index in [0.29, 0.717) is 11.6 Å². The van der Waals surface area contributed by atoms with E-state index in [1.807, 2.05) is 55.5 Å². The number of hydrogen-bond acceptors (Lipinski definition) is 4. The summed E-state index contributed by atoms with van der Waals surface area (Å²) in [5, 5.41) is 5.31. The van der Waals surface area contributed by atoms with Gasteiger partial charge in [-0.15, -0.1) is 0 Å². The quantitative estimate of drug-likeness (QED) is 0.314. The van der Waals surface area contributed by atoms with Crippen molar-refractivity contribution in [3.63, 3.8) is 0 Å². The summed E-state index contributed by atoms with van der Waals surface area (Å²) in [7, 11) is 0. The molecule has 4 rings (SSSR count). The summed E-state index contributed by atoms with van der Waals surface area (Å²) in [5.74, 6) is 0.957. The highest BCUT2D eigenvalue weighted by atomic mass is 79.9. The summed E-state index contributed by atoms with van der Waals surface area (Å²) >= 11 is 3.45. The Morgan fingerprint density at radius 3 is 2.39 bits per heavy atom. The van der Waals surface area contributed by atoms with Crippen LogP contribution in [0.5, 0.6) is 0 Å². The van der Waals surface area contributed by atoms with Crippen molar-refractivity contribution in [3.8, 4) is 11.4 Å². The maximum atomic E-state index is 13.1. The van der Waals surface area contributed by atoms with Crippen molar-refractivity contribution >= 4 is 38.4 Å². The summed E-state index contributed by atoms with van der Waals surface area (Å²) in [4.78, 5) is 9.35. The van der Waals surface area contributed by atoms with Gasteiger partial charge in [-0.3, -0.25) is 5.43 Å². The lowest BCUT2D eigenvalue weighted by Gasteiger charge is -2.09. The van der Waals surface area contributed by atoms with E-state index in [1.165, 1.54) is 12.1 Å². The molecule has 28 heavy (non-hydrogen) atoms. The number of hydrazone groups is 1. The van der Waals surface area contributed by atoms with Gasteiger partial charge in [0.2, 0.25) is 0 Å². The third kappa shape index (κ3) is 3.92. The molecule has 1 aromatic heterocycles. The average molecular weight is 435 g/mol. The molecule has 0 spiro atoms. The molecule has 6 heteroatoms. The molecular weight excluding hydrogens is 419 g/mol. The molecule has 0 radical (unpaired) electrons. The number of rotatable bonds is 4. The summed E-state index contributed by atoms with van der Waals surface area (Å²) in [5.41, 5.74) is 6.36. The van der Waals surface area contributed by atoms with E-state index in [0.717, 1.165) is 32.2 Å². The Labute approximate surface area is 170 Å². The highest BCUT2D eigenvalue weighted by Crippen LogP contribution is 2.26. The first-order valence-corrected chi connectivity index (χ1v) is 9.48. The number of fused-ring (bicyclic) bond motifs is 1. The van der Waals surface area contributed by atoms with E-state index in [4.69, 9.17) is 0 Å². The van der Waals surface area contributed by atoms with Crippen LogP contribution in [0.3, 0.4) is 0 Å². The maximum Gasteiger partial charge on any atom is 0.162 e. The van der Waals surface area contributed by atoms with Gasteiger partial charge in [-0.2, -0.15) is 5.10 Å². The van der Waals surface area contributed by atoms with Crippen LogP contribution in [0.2, 0.25) is 0 Å². The summed E-state index contributed by atoms with van der Waals surface area (Å²) in [6.45, 7) is 1.86. The van der Waals surface area contributed by atoms with E-state index < -0.39 is 0 Å². The van der Waals surface area contributed by atoms with Crippen molar-refractivity contribution in [2.24, 2.45) is 5.10 Å². The minimum Gasteiger partial charge on any atom is -0.260 e. The number of halogens is 2. The van der Waals surface area contributed by atoms with E-state index in [1.54, 1.807) is 12.1 Å². The van der Waals surface area contributed by atoms with Gasteiger partial charge in [-0.25, -0.2) is 14.4 Å². The number of para-hydroxylation sites is 1. The standard InChI is InChI=1S/C22H16BrFN4/c1-14(15-8-12-18(24)13-9-15)27-28-22-19-4-2-3-5-20(19)25-21(26-22)16-6-10-17(23)11-7-16/h2-13H,1H3,(H,25,26,28)/b27-14-. The van der Waals surface area contributed by atoms with Crippen LogP contribution < -0.4 is 5.43 Å². The lowest BCUT2D eigenvalue weighted by Crippen LogP contribution is -2.03. The number of nitrogens with one attached hydrogen (secondary N) is 1. The lowest BCUT2D eigenvalue weighted by atomic mass is 10.1. The zero-order valence-corrected chi connectivity index (χ0v) is 16.6. The van der Waals surface area contributed by atoms with Crippen LogP contribution in [0.1, 0.15) is 12.5 Å². The molecule has 0 atom stereocenters. The molecule has 0 unspecified atom stereocenters. The van der Waals surface area contributed by atoms with Crippen molar-refractivity contribution in [1.82, 2.24) is 9.97 Å². The Balaban J connectivity index is 1.73. The van der Waals surface area contributed by atoms with Crippen LogP contribution >= 0.6 is 15.9 Å². The predicted octanol–water partition coefficient (Wildman–Crippen LogP) is 6.03. The van der Waals surface area contributed by atoms with Crippen molar-refractivity contribution in [2.75, 3.05) is 5.43 Å². The first kappa shape index (κ1) is 18.3. The van der Waals surface area contributed by atoms with Crippen molar-refractivity contribution < 1.29 is 4.39 Å². The minimum atomic E-state index is -0.273. The lowest BCUT2D eigenvalue weighted by molar-refractivity contribution is 0.628. The van der Waals surface area contributed by atoms with Gasteiger partial charge in [0.05, 0.1) is 11.2 Å². The molecule has 0 aliphatic carbocycles. The SMILES string of the molecule is C/C(=N/Nc1nc(-c2ccc(Br)cc2)nc2ccccc12)c1ccc(F)cc1. The van der Waals surface area contributed by atoms with Gasteiger partial charge >= 0.3 is 0 Å². The Morgan fingerprint density at radius 1 is 0.929 bits per heavy atom. The minimum absolute atomic E-state index is 0.273. The fourth-order valence-corrected chi connectivity index (χ4v) is 3.05. The molecule has 138 valence electrons. The molecule has 0 fully saturated rings. The Hall–Kier alpha value is -3.12. The topological polar surface area (TPSA) is 50.2 Å². The van der Waals surface area contributed by atoms with Gasteiger partial charge < -0.3 is 0 Å². The zero-order valence-electron chi connectivity index (χ0n) is 15.0. The molecule has 1 N–H and O–H groups in total. The van der Waals surface area contributed by atoms with Gasteiger partial charge in [-0.05, 0) is 48.9 Å². The molecule has 0 aliphatic heterocycles. The smallest absolute Gasteiger partial charge is 0.162 e. The van der Waals surface area contributed by atoms with E-state index >= 15 is 0 Å². The maximum absolute atomic E-state index is 13.1. The second-order valence-corrected chi connectivity index (χ2v) is 7.15. The van der Waals surface area contributed by atoms with Crippen molar-refractivity contribution in [2.45, 2.75) is 6.92 Å². The van der Waals surface area contributed by atoms with Crippen molar-refractivity contribution in [1.29, 1.82) is 0 Å². The molecule has 4 nitrogen and oxygen atoms in total. The van der Waals surface area contributed by atoms with Gasteiger partial charge in [0.15, 0.2) is 11.6 Å². The summed E-state index contributed by atoms with van der Waals surface area (Å²) in [6.07, 6.45) is 0. The number of hydrogen-bond donors (Lipinski definition) is 1. The number of benzene rings is 3.